The van der Waals surface area contributed by atoms with Gasteiger partial charge in [0, 0.05) is 32.4 Å². The van der Waals surface area contributed by atoms with Gasteiger partial charge in [0.05, 0.1) is 14.2 Å². The van der Waals surface area contributed by atoms with Gasteiger partial charge in [-0.15, -0.1) is 0 Å². The summed E-state index contributed by atoms with van der Waals surface area (Å²) in [5.41, 5.74) is 1.66. The number of aromatic nitrogens is 1. The van der Waals surface area contributed by atoms with Crippen LogP contribution in [0, 0.1) is 0 Å². The summed E-state index contributed by atoms with van der Waals surface area (Å²) in [4.78, 5) is 7.91. The number of benzene rings is 1. The van der Waals surface area contributed by atoms with Crippen molar-refractivity contribution >= 4 is 5.96 Å². The number of halogens is 3. The van der Waals surface area contributed by atoms with Gasteiger partial charge in [0.25, 0.3) is 0 Å². The molecule has 0 aliphatic rings. The molecule has 0 amide bonds. The predicted molar refractivity (Wildman–Crippen MR) is 102 cm³/mol. The molecule has 1 aromatic heterocycles. The van der Waals surface area contributed by atoms with E-state index in [1.807, 2.05) is 18.2 Å². The third-order valence-corrected chi connectivity index (χ3v) is 3.77. The van der Waals surface area contributed by atoms with Crippen molar-refractivity contribution in [2.75, 3.05) is 27.9 Å². The van der Waals surface area contributed by atoms with E-state index in [1.54, 1.807) is 27.3 Å². The SMILES string of the molecule is CN=C(NCc1ccnc(OCC(F)(F)F)c1)NCc1ccc(OC)c(OC)c1. The Morgan fingerprint density at radius 3 is 2.24 bits per heavy atom. The summed E-state index contributed by atoms with van der Waals surface area (Å²) >= 11 is 0. The largest absolute Gasteiger partial charge is 0.493 e. The second kappa shape index (κ2) is 10.4. The lowest BCUT2D eigenvalue weighted by atomic mass is 10.2. The highest BCUT2D eigenvalue weighted by Gasteiger charge is 2.28. The number of methoxy groups -OCH3 is 2. The summed E-state index contributed by atoms with van der Waals surface area (Å²) in [6.45, 7) is -0.571. The lowest BCUT2D eigenvalue weighted by Gasteiger charge is -2.14. The summed E-state index contributed by atoms with van der Waals surface area (Å²) in [5, 5.41) is 6.24. The van der Waals surface area contributed by atoms with Crippen LogP contribution in [0.1, 0.15) is 11.1 Å². The van der Waals surface area contributed by atoms with Gasteiger partial charge in [0.2, 0.25) is 5.88 Å². The number of hydrogen-bond acceptors (Lipinski definition) is 5. The van der Waals surface area contributed by atoms with E-state index in [0.29, 0.717) is 36.1 Å². The van der Waals surface area contributed by atoms with Crippen molar-refractivity contribution in [1.29, 1.82) is 0 Å². The Morgan fingerprint density at radius 2 is 1.66 bits per heavy atom. The number of alkyl halides is 3. The zero-order valence-electron chi connectivity index (χ0n) is 16.3. The molecule has 0 aliphatic heterocycles. The molecule has 10 heteroatoms. The van der Waals surface area contributed by atoms with Crippen LogP contribution in [-0.2, 0) is 13.1 Å². The lowest BCUT2D eigenvalue weighted by Crippen LogP contribution is -2.36. The fraction of sp³-hybridized carbons (Fsp3) is 0.368. The summed E-state index contributed by atoms with van der Waals surface area (Å²) in [5.74, 6) is 1.70. The molecule has 7 nitrogen and oxygen atoms in total. The first-order valence-electron chi connectivity index (χ1n) is 8.64. The van der Waals surface area contributed by atoms with Gasteiger partial charge in [0.15, 0.2) is 24.1 Å². The van der Waals surface area contributed by atoms with Crippen LogP contribution in [0.4, 0.5) is 13.2 Å². The summed E-state index contributed by atoms with van der Waals surface area (Å²) in [7, 11) is 4.76. The van der Waals surface area contributed by atoms with Crippen molar-refractivity contribution in [1.82, 2.24) is 15.6 Å². The average molecular weight is 412 g/mol. The molecule has 1 aromatic carbocycles. The Balaban J connectivity index is 1.89. The fourth-order valence-corrected chi connectivity index (χ4v) is 2.38. The zero-order valence-corrected chi connectivity index (χ0v) is 16.3. The minimum absolute atomic E-state index is 0.0881. The molecule has 0 saturated carbocycles. The van der Waals surface area contributed by atoms with Crippen molar-refractivity contribution in [3.63, 3.8) is 0 Å². The standard InChI is InChI=1S/C19H23F3N4O3/c1-23-18(25-10-13-4-5-15(27-2)16(8-13)28-3)26-11-14-6-7-24-17(9-14)29-12-19(20,21)22/h4-9H,10-12H2,1-3H3,(H2,23,25,26). The van der Waals surface area contributed by atoms with Crippen LogP contribution >= 0.6 is 0 Å². The Hall–Kier alpha value is -3.17. The molecular formula is C19H23F3N4O3. The van der Waals surface area contributed by atoms with E-state index in [4.69, 9.17) is 9.47 Å². The van der Waals surface area contributed by atoms with Gasteiger partial charge in [-0.05, 0) is 29.3 Å². The molecular weight excluding hydrogens is 389 g/mol. The van der Waals surface area contributed by atoms with Crippen molar-refractivity contribution in [2.45, 2.75) is 19.3 Å². The van der Waals surface area contributed by atoms with Gasteiger partial charge in [0.1, 0.15) is 0 Å². The minimum Gasteiger partial charge on any atom is -0.493 e. The van der Waals surface area contributed by atoms with Gasteiger partial charge < -0.3 is 24.8 Å². The number of ether oxygens (including phenoxy) is 3. The second-order valence-electron chi connectivity index (χ2n) is 5.87. The van der Waals surface area contributed by atoms with Crippen LogP contribution in [0.2, 0.25) is 0 Å². The van der Waals surface area contributed by atoms with Crippen LogP contribution < -0.4 is 24.8 Å². The molecule has 0 saturated heterocycles. The first-order chi connectivity index (χ1) is 13.8. The number of pyridine rings is 1. The van der Waals surface area contributed by atoms with E-state index in [2.05, 4.69) is 25.3 Å². The summed E-state index contributed by atoms with van der Waals surface area (Å²) < 4.78 is 51.9. The van der Waals surface area contributed by atoms with Crippen molar-refractivity contribution in [3.8, 4) is 17.4 Å². The van der Waals surface area contributed by atoms with Crippen molar-refractivity contribution in [3.05, 3.63) is 47.7 Å². The van der Waals surface area contributed by atoms with Gasteiger partial charge in [-0.3, -0.25) is 4.99 Å². The molecule has 2 aromatic rings. The number of aliphatic imine (C=N–C) groups is 1. The molecule has 158 valence electrons. The van der Waals surface area contributed by atoms with Crippen LogP contribution in [0.25, 0.3) is 0 Å². The third-order valence-electron chi connectivity index (χ3n) is 3.77. The van der Waals surface area contributed by atoms with E-state index in [-0.39, 0.29) is 5.88 Å². The maximum absolute atomic E-state index is 12.3. The van der Waals surface area contributed by atoms with E-state index in [1.165, 1.54) is 12.3 Å². The van der Waals surface area contributed by atoms with E-state index in [9.17, 15) is 13.2 Å². The van der Waals surface area contributed by atoms with Gasteiger partial charge in [-0.25, -0.2) is 4.98 Å². The smallest absolute Gasteiger partial charge is 0.422 e. The molecule has 2 N–H and O–H groups in total. The number of guanidine groups is 1. The number of nitrogens with zero attached hydrogens (tertiary/aromatic N) is 2. The van der Waals surface area contributed by atoms with E-state index >= 15 is 0 Å². The summed E-state index contributed by atoms with van der Waals surface area (Å²) in [6, 6.07) is 8.68. The van der Waals surface area contributed by atoms with E-state index in [0.717, 1.165) is 5.56 Å². The maximum atomic E-state index is 12.3. The van der Waals surface area contributed by atoms with Crippen LogP contribution in [0.3, 0.4) is 0 Å². The van der Waals surface area contributed by atoms with Crippen LogP contribution in [-0.4, -0.2) is 45.0 Å². The molecule has 2 rings (SSSR count). The maximum Gasteiger partial charge on any atom is 0.422 e. The number of nitrogens with one attached hydrogen (secondary N) is 2. The highest BCUT2D eigenvalue weighted by Crippen LogP contribution is 2.27. The van der Waals surface area contributed by atoms with Gasteiger partial charge in [-0.2, -0.15) is 13.2 Å². The molecule has 29 heavy (non-hydrogen) atoms. The summed E-state index contributed by atoms with van der Waals surface area (Å²) in [6.07, 6.45) is -3.02. The third kappa shape index (κ3) is 7.40. The van der Waals surface area contributed by atoms with Gasteiger partial charge >= 0.3 is 6.18 Å². The molecule has 0 bridgehead atoms. The molecule has 0 radical (unpaired) electrons. The monoisotopic (exact) mass is 412 g/mol. The Bertz CT molecular complexity index is 829. The Kier molecular flexibility index (Phi) is 7.93. The highest BCUT2D eigenvalue weighted by atomic mass is 19.4. The molecule has 0 spiro atoms. The number of rotatable bonds is 8. The quantitative estimate of drug-likeness (QED) is 0.513. The second-order valence-corrected chi connectivity index (χ2v) is 5.87. The van der Waals surface area contributed by atoms with Crippen LogP contribution in [0.15, 0.2) is 41.5 Å². The Labute approximate surface area is 166 Å². The fourth-order valence-electron chi connectivity index (χ4n) is 2.38. The molecule has 0 atom stereocenters. The first kappa shape index (κ1) is 22.1. The van der Waals surface area contributed by atoms with Crippen LogP contribution in [0.5, 0.6) is 17.4 Å². The first-order valence-corrected chi connectivity index (χ1v) is 8.64. The van der Waals surface area contributed by atoms with E-state index < -0.39 is 12.8 Å². The molecule has 1 heterocycles. The van der Waals surface area contributed by atoms with Crippen molar-refractivity contribution < 1.29 is 27.4 Å². The topological polar surface area (TPSA) is 77.0 Å². The van der Waals surface area contributed by atoms with Gasteiger partial charge in [-0.1, -0.05) is 6.07 Å². The highest BCUT2D eigenvalue weighted by molar-refractivity contribution is 5.79. The normalized spacial score (nSPS) is 11.7. The minimum atomic E-state index is -4.41. The van der Waals surface area contributed by atoms with Crippen molar-refractivity contribution in [2.24, 2.45) is 4.99 Å². The lowest BCUT2D eigenvalue weighted by molar-refractivity contribution is -0.154. The predicted octanol–water partition coefficient (Wildman–Crippen LogP) is 2.91. The number of hydrogen-bond donors (Lipinski definition) is 2. The molecule has 0 unspecified atom stereocenters. The average Bonchev–Trinajstić information content (AvgIpc) is 2.72. The molecule has 0 aliphatic carbocycles. The molecule has 0 fully saturated rings. The Morgan fingerprint density at radius 1 is 1.00 bits per heavy atom. The zero-order chi connectivity index (χ0) is 21.3.